The number of ketones is 1. The second-order valence-electron chi connectivity index (χ2n) is 14.3. The second-order valence-corrected chi connectivity index (χ2v) is 14.3. The topological polar surface area (TPSA) is 152 Å². The van der Waals surface area contributed by atoms with Crippen LogP contribution in [0.25, 0.3) is 22.0 Å². The van der Waals surface area contributed by atoms with Gasteiger partial charge in [-0.1, -0.05) is 18.9 Å². The lowest BCUT2D eigenvalue weighted by atomic mass is 9.96. The molecule has 272 valence electrons. The van der Waals surface area contributed by atoms with Gasteiger partial charge in [0.1, 0.15) is 35.6 Å². The van der Waals surface area contributed by atoms with Gasteiger partial charge in [-0.05, 0) is 80.3 Å². The summed E-state index contributed by atoms with van der Waals surface area (Å²) < 4.78 is 42.0. The highest BCUT2D eigenvalue weighted by atomic mass is 19.4. The van der Waals surface area contributed by atoms with E-state index < -0.39 is 35.1 Å². The molecule has 1 saturated heterocycles. The number of halogens is 3. The molecule has 3 atom stereocenters. The summed E-state index contributed by atoms with van der Waals surface area (Å²) in [6.45, 7) is 4.89. The third-order valence-corrected chi connectivity index (χ3v) is 10.6. The molecule has 1 saturated carbocycles. The maximum absolute atomic E-state index is 14.3. The molecule has 0 radical (unpaired) electrons. The van der Waals surface area contributed by atoms with Crippen LogP contribution in [-0.2, 0) is 33.5 Å². The molecule has 1 spiro atoms. The van der Waals surface area contributed by atoms with Crippen molar-refractivity contribution in [2.24, 2.45) is 11.3 Å². The van der Waals surface area contributed by atoms with Gasteiger partial charge in [-0.3, -0.25) is 23.9 Å². The number of carbonyl (C=O) groups is 4. The Kier molecular flexibility index (Phi) is 9.07. The Hall–Kier alpha value is -5.21. The average Bonchev–Trinajstić information content (AvgIpc) is 3.50. The van der Waals surface area contributed by atoms with E-state index in [1.165, 1.54) is 29.5 Å². The molecule has 4 aromatic rings. The van der Waals surface area contributed by atoms with E-state index in [0.717, 1.165) is 42.0 Å². The van der Waals surface area contributed by atoms with E-state index in [0.29, 0.717) is 48.0 Å². The fourth-order valence-electron chi connectivity index (χ4n) is 7.71. The van der Waals surface area contributed by atoms with Gasteiger partial charge < -0.3 is 15.5 Å². The van der Waals surface area contributed by atoms with Crippen LogP contribution < -0.4 is 10.6 Å². The van der Waals surface area contributed by atoms with Crippen molar-refractivity contribution >= 4 is 40.2 Å². The summed E-state index contributed by atoms with van der Waals surface area (Å²) in [5.74, 6) is -1.44. The summed E-state index contributed by atoms with van der Waals surface area (Å²) in [5, 5.41) is 10.8. The van der Waals surface area contributed by atoms with Gasteiger partial charge in [-0.2, -0.15) is 18.3 Å². The van der Waals surface area contributed by atoms with Gasteiger partial charge in [-0.25, -0.2) is 15.0 Å². The van der Waals surface area contributed by atoms with Crippen molar-refractivity contribution < 1.29 is 32.3 Å². The molecule has 1 aliphatic carbocycles. The second kappa shape index (κ2) is 13.4. The van der Waals surface area contributed by atoms with Crippen LogP contribution in [0.15, 0.2) is 36.7 Å². The van der Waals surface area contributed by atoms with Gasteiger partial charge in [-0.15, -0.1) is 0 Å². The first-order chi connectivity index (χ1) is 24.7. The summed E-state index contributed by atoms with van der Waals surface area (Å²) in [6, 6.07) is 4.92. The van der Waals surface area contributed by atoms with Crippen LogP contribution >= 0.6 is 0 Å². The lowest BCUT2D eigenvalue weighted by molar-refractivity contribution is -0.141. The molecule has 2 aliphatic heterocycles. The molecule has 15 heteroatoms. The molecule has 12 nitrogen and oxygen atoms in total. The molecule has 3 aliphatic rings. The molecule has 1 aromatic carbocycles. The predicted molar refractivity (Wildman–Crippen MR) is 184 cm³/mol. The molecule has 3 aromatic heterocycles. The number of nitrogens with one attached hydrogen (secondary N) is 2. The number of hydrogen-bond acceptors (Lipinski definition) is 8. The van der Waals surface area contributed by atoms with Crippen LogP contribution in [0.5, 0.6) is 0 Å². The van der Waals surface area contributed by atoms with Gasteiger partial charge in [0.2, 0.25) is 17.7 Å². The van der Waals surface area contributed by atoms with Gasteiger partial charge in [0, 0.05) is 55.2 Å². The molecule has 52 heavy (non-hydrogen) atoms. The Morgan fingerprint density at radius 2 is 1.73 bits per heavy atom. The number of piperidine rings is 1. The molecule has 2 N–H and O–H groups in total. The molecule has 7 rings (SSSR count). The fourth-order valence-corrected chi connectivity index (χ4v) is 7.71. The maximum atomic E-state index is 14.3. The highest BCUT2D eigenvalue weighted by molar-refractivity contribution is 6.07. The van der Waals surface area contributed by atoms with Crippen LogP contribution in [0, 0.1) is 25.2 Å². The van der Waals surface area contributed by atoms with Crippen LogP contribution in [0.4, 0.5) is 19.0 Å². The Bertz CT molecular complexity index is 2100. The zero-order valence-electron chi connectivity index (χ0n) is 29.1. The molecular formula is C37H39F3N8O4. The minimum absolute atomic E-state index is 0.106. The SMILES string of the molecule is CC(=O)c1nn2c3c(cc(-c4cnc(C)nc4)cc13)CCCCCCC(=O)NC[C@@]13CC1[C@@H](C(=O)Nc1nc(C(F)(F)F)ccc1C)N(C3)C(=O)C2. The number of pyridine rings is 1. The average molecular weight is 717 g/mol. The monoisotopic (exact) mass is 716 g/mol. The first-order valence-electron chi connectivity index (χ1n) is 17.5. The van der Waals surface area contributed by atoms with Crippen LogP contribution in [0.1, 0.15) is 78.6 Å². The van der Waals surface area contributed by atoms with E-state index in [1.54, 1.807) is 19.3 Å². The largest absolute Gasteiger partial charge is 0.433 e. The summed E-state index contributed by atoms with van der Waals surface area (Å²) in [5.41, 5.74) is 1.90. The minimum atomic E-state index is -4.72. The first-order valence-corrected chi connectivity index (χ1v) is 17.5. The number of hydrogen-bond donors (Lipinski definition) is 2. The van der Waals surface area contributed by atoms with Crippen molar-refractivity contribution in [3.63, 3.8) is 0 Å². The zero-order valence-corrected chi connectivity index (χ0v) is 29.1. The number of nitrogens with zero attached hydrogens (tertiary/aromatic N) is 6. The molecule has 2 bridgehead atoms. The van der Waals surface area contributed by atoms with Gasteiger partial charge in [0.25, 0.3) is 0 Å². The van der Waals surface area contributed by atoms with Crippen molar-refractivity contribution in [3.05, 3.63) is 65.0 Å². The molecule has 1 unspecified atom stereocenters. The number of alkyl halides is 3. The van der Waals surface area contributed by atoms with Crippen LogP contribution in [0.2, 0.25) is 0 Å². The zero-order chi connectivity index (χ0) is 36.9. The summed E-state index contributed by atoms with van der Waals surface area (Å²) in [6.07, 6.45) is 3.44. The Morgan fingerprint density at radius 3 is 2.44 bits per heavy atom. The summed E-state index contributed by atoms with van der Waals surface area (Å²) in [7, 11) is 0. The first kappa shape index (κ1) is 35.2. The number of aromatic nitrogens is 5. The maximum Gasteiger partial charge on any atom is 0.433 e. The van der Waals surface area contributed by atoms with E-state index in [-0.39, 0.29) is 48.8 Å². The van der Waals surface area contributed by atoms with Crippen LogP contribution in [-0.4, -0.2) is 72.3 Å². The van der Waals surface area contributed by atoms with Crippen molar-refractivity contribution in [1.82, 2.24) is 34.9 Å². The van der Waals surface area contributed by atoms with Crippen molar-refractivity contribution in [1.29, 1.82) is 0 Å². The van der Waals surface area contributed by atoms with E-state index in [1.807, 2.05) is 12.1 Å². The standard InChI is InChI=1S/C37H39F3N8O4/c1-20-10-11-28(37(38,39)40)44-34(20)45-35(52)33-27-14-36(27)18-43-29(50)9-7-5-4-6-8-23-12-24(25-15-41-22(3)42-16-25)13-26-31(21(2)49)46-48(32(23)26)17-30(51)47(33)19-36/h10-13,15-16,27,33H,4-9,14,17-19H2,1-3H3,(H,43,50)(H,44,45,52)/t27?,33-,36+/m0/s1. The Balaban J connectivity index is 1.28. The smallest absolute Gasteiger partial charge is 0.355 e. The number of benzene rings is 1. The van der Waals surface area contributed by atoms with Crippen molar-refractivity contribution in [2.45, 2.75) is 84.5 Å². The number of Topliss-reactive ketones (excluding diaryl/α,β-unsaturated/α-hetero) is 1. The molecule has 5 heterocycles. The summed E-state index contributed by atoms with van der Waals surface area (Å²) in [4.78, 5) is 67.9. The predicted octanol–water partition coefficient (Wildman–Crippen LogP) is 5.21. The molecular weight excluding hydrogens is 677 g/mol. The Morgan fingerprint density at radius 1 is 1.00 bits per heavy atom. The minimum Gasteiger partial charge on any atom is -0.355 e. The van der Waals surface area contributed by atoms with Crippen LogP contribution in [0.3, 0.4) is 0 Å². The van der Waals surface area contributed by atoms with E-state index in [4.69, 9.17) is 0 Å². The fraction of sp³-hybridized carbons (Fsp3) is 0.459. The van der Waals surface area contributed by atoms with Gasteiger partial charge in [0.05, 0.1) is 5.52 Å². The highest BCUT2D eigenvalue weighted by Gasteiger charge is 2.67. The quantitative estimate of drug-likeness (QED) is 0.274. The van der Waals surface area contributed by atoms with E-state index >= 15 is 0 Å². The normalized spacial score (nSPS) is 22.5. The number of amides is 3. The van der Waals surface area contributed by atoms with Gasteiger partial charge >= 0.3 is 6.18 Å². The lowest BCUT2D eigenvalue weighted by Gasteiger charge is -2.28. The number of anilines is 1. The number of rotatable bonds is 4. The number of carbonyl (C=O) groups excluding carboxylic acids is 4. The summed E-state index contributed by atoms with van der Waals surface area (Å²) >= 11 is 0. The van der Waals surface area contributed by atoms with E-state index in [9.17, 15) is 32.3 Å². The van der Waals surface area contributed by atoms with E-state index in [2.05, 4.69) is 30.7 Å². The lowest BCUT2D eigenvalue weighted by Crippen LogP contribution is -2.47. The third-order valence-electron chi connectivity index (χ3n) is 10.6. The number of fused-ring (bicyclic) bond motifs is 1. The highest BCUT2D eigenvalue weighted by Crippen LogP contribution is 2.61. The van der Waals surface area contributed by atoms with Crippen molar-refractivity contribution in [3.8, 4) is 11.1 Å². The Labute approximate surface area is 297 Å². The molecule has 3 amide bonds. The number of aryl methyl sites for hydroxylation is 3. The van der Waals surface area contributed by atoms with Crippen molar-refractivity contribution in [2.75, 3.05) is 18.4 Å². The third kappa shape index (κ3) is 6.75. The molecule has 2 fully saturated rings. The van der Waals surface area contributed by atoms with Gasteiger partial charge in [0.15, 0.2) is 5.78 Å².